The Bertz CT molecular complexity index is 1320. The van der Waals surface area contributed by atoms with E-state index in [0.29, 0.717) is 30.9 Å². The second kappa shape index (κ2) is 10.6. The van der Waals surface area contributed by atoms with Gasteiger partial charge in [0.05, 0.1) is 36.0 Å². The maximum absolute atomic E-state index is 12.5. The quantitative estimate of drug-likeness (QED) is 0.283. The van der Waals surface area contributed by atoms with Gasteiger partial charge in [0.25, 0.3) is 17.5 Å². The zero-order valence-electron chi connectivity index (χ0n) is 19.1. The summed E-state index contributed by atoms with van der Waals surface area (Å²) in [7, 11) is 0. The predicted octanol–water partition coefficient (Wildman–Crippen LogP) is 3.71. The number of benzene rings is 2. The highest BCUT2D eigenvalue weighted by atomic mass is 16.6. The van der Waals surface area contributed by atoms with Gasteiger partial charge >= 0.3 is 5.97 Å². The molecule has 12 nitrogen and oxygen atoms in total. The lowest BCUT2D eigenvalue weighted by Crippen LogP contribution is -2.21. The van der Waals surface area contributed by atoms with Gasteiger partial charge in [0.15, 0.2) is 23.9 Å². The third kappa shape index (κ3) is 5.60. The van der Waals surface area contributed by atoms with Crippen molar-refractivity contribution in [1.29, 1.82) is 0 Å². The van der Waals surface area contributed by atoms with Crippen molar-refractivity contribution < 1.29 is 37.9 Å². The summed E-state index contributed by atoms with van der Waals surface area (Å²) in [6.07, 6.45) is 1.97. The van der Waals surface area contributed by atoms with E-state index in [1.54, 1.807) is 19.1 Å². The lowest BCUT2D eigenvalue weighted by molar-refractivity contribution is -0.384. The average Bonchev–Trinajstić information content (AvgIpc) is 3.30. The molecular formula is C24H21N3O9. The Kier molecular flexibility index (Phi) is 7.14. The summed E-state index contributed by atoms with van der Waals surface area (Å²) in [5.74, 6) is -1.55. The fourth-order valence-corrected chi connectivity index (χ4v) is 3.33. The van der Waals surface area contributed by atoms with Gasteiger partial charge in [-0.1, -0.05) is 6.07 Å². The van der Waals surface area contributed by atoms with E-state index in [2.05, 4.69) is 10.6 Å². The number of aryl methyl sites for hydroxylation is 1. The fraction of sp³-hybridized carbons (Fsp3) is 0.208. The molecular weight excluding hydrogens is 474 g/mol. The number of hydrogen-bond donors (Lipinski definition) is 2. The largest absolute Gasteiger partial charge is 0.489 e. The molecule has 12 heteroatoms. The van der Waals surface area contributed by atoms with Crippen molar-refractivity contribution in [3.05, 3.63) is 75.7 Å². The summed E-state index contributed by atoms with van der Waals surface area (Å²) in [6.45, 7) is 1.74. The van der Waals surface area contributed by atoms with Crippen molar-refractivity contribution in [2.45, 2.75) is 13.3 Å². The first-order valence-corrected chi connectivity index (χ1v) is 10.8. The molecule has 1 aliphatic heterocycles. The van der Waals surface area contributed by atoms with Crippen LogP contribution < -0.4 is 20.1 Å². The van der Waals surface area contributed by atoms with E-state index in [4.69, 9.17) is 18.6 Å². The first-order chi connectivity index (χ1) is 17.3. The van der Waals surface area contributed by atoms with Crippen LogP contribution in [0.5, 0.6) is 11.5 Å². The van der Waals surface area contributed by atoms with Gasteiger partial charge in [0.1, 0.15) is 5.69 Å². The molecule has 0 saturated carbocycles. The van der Waals surface area contributed by atoms with Crippen molar-refractivity contribution in [1.82, 2.24) is 0 Å². The lowest BCUT2D eigenvalue weighted by atomic mass is 10.1. The van der Waals surface area contributed by atoms with Crippen LogP contribution in [0.4, 0.5) is 17.1 Å². The first-order valence-electron chi connectivity index (χ1n) is 10.8. The molecule has 3 aromatic rings. The fourth-order valence-electron chi connectivity index (χ4n) is 3.33. The number of nitro benzene ring substituents is 1. The van der Waals surface area contributed by atoms with E-state index in [-0.39, 0.29) is 28.5 Å². The second-order valence-corrected chi connectivity index (χ2v) is 7.71. The number of fused-ring (bicyclic) bond motifs is 1. The molecule has 1 aliphatic rings. The number of ether oxygens (including phenoxy) is 3. The number of nitrogens with one attached hydrogen (secondary N) is 2. The highest BCUT2D eigenvalue weighted by molar-refractivity contribution is 6.03. The van der Waals surface area contributed by atoms with Gasteiger partial charge in [-0.25, -0.2) is 4.79 Å². The molecule has 36 heavy (non-hydrogen) atoms. The molecule has 2 aromatic carbocycles. The third-order valence-corrected chi connectivity index (χ3v) is 5.14. The highest BCUT2D eigenvalue weighted by Gasteiger charge is 2.23. The Balaban J connectivity index is 1.41. The van der Waals surface area contributed by atoms with Gasteiger partial charge in [0.2, 0.25) is 0 Å². The molecule has 2 N–H and O–H groups in total. The highest BCUT2D eigenvalue weighted by Crippen LogP contribution is 2.39. The van der Waals surface area contributed by atoms with Crippen LogP contribution in [0.15, 0.2) is 53.1 Å². The van der Waals surface area contributed by atoms with E-state index in [0.717, 1.165) is 0 Å². The number of carbonyl (C=O) groups excluding carboxylic acids is 3. The monoisotopic (exact) mass is 495 g/mol. The number of furan rings is 1. The molecule has 0 bridgehead atoms. The van der Waals surface area contributed by atoms with E-state index < -0.39 is 35.0 Å². The standard InChI is InChI=1S/C24H21N3O9/c1-14-5-6-15(10-16(14)26-23(29)19-4-2-7-33-19)24(30)36-13-22(28)25-17-11-20-21(12-18(17)27(31)32)35-9-3-8-34-20/h2,4-7,10-12H,3,8-9,13H2,1H3,(H,25,28)(H,26,29). The molecule has 0 saturated heterocycles. The van der Waals surface area contributed by atoms with Crippen LogP contribution in [-0.4, -0.2) is 42.5 Å². The molecule has 0 unspecified atom stereocenters. The number of hydrogen-bond acceptors (Lipinski definition) is 9. The molecule has 0 aliphatic carbocycles. The Morgan fingerprint density at radius 2 is 1.78 bits per heavy atom. The maximum atomic E-state index is 12.5. The minimum Gasteiger partial charge on any atom is -0.489 e. The normalized spacial score (nSPS) is 12.2. The molecule has 1 aromatic heterocycles. The van der Waals surface area contributed by atoms with Crippen molar-refractivity contribution in [2.24, 2.45) is 0 Å². The minimum absolute atomic E-state index is 0.0877. The number of nitro groups is 1. The van der Waals surface area contributed by atoms with Crippen molar-refractivity contribution in [3.63, 3.8) is 0 Å². The summed E-state index contributed by atoms with van der Waals surface area (Å²) >= 11 is 0. The number of rotatable bonds is 7. The topological polar surface area (TPSA) is 159 Å². The molecule has 2 amide bonds. The van der Waals surface area contributed by atoms with Crippen LogP contribution in [0.3, 0.4) is 0 Å². The van der Waals surface area contributed by atoms with Gasteiger partial charge in [-0.3, -0.25) is 19.7 Å². The van der Waals surface area contributed by atoms with E-state index >= 15 is 0 Å². The first kappa shape index (κ1) is 24.3. The second-order valence-electron chi connectivity index (χ2n) is 7.71. The molecule has 0 atom stereocenters. The van der Waals surface area contributed by atoms with Crippen molar-refractivity contribution >= 4 is 34.8 Å². The van der Waals surface area contributed by atoms with E-state index in [9.17, 15) is 24.5 Å². The summed E-state index contributed by atoms with van der Waals surface area (Å²) in [4.78, 5) is 48.0. The van der Waals surface area contributed by atoms with Crippen LogP contribution in [-0.2, 0) is 9.53 Å². The van der Waals surface area contributed by atoms with Crippen molar-refractivity contribution in [3.8, 4) is 11.5 Å². The van der Waals surface area contributed by atoms with Crippen LogP contribution in [0.25, 0.3) is 0 Å². The van der Waals surface area contributed by atoms with Crippen LogP contribution >= 0.6 is 0 Å². The lowest BCUT2D eigenvalue weighted by Gasteiger charge is -2.12. The van der Waals surface area contributed by atoms with Crippen LogP contribution in [0.2, 0.25) is 0 Å². The molecule has 4 rings (SSSR count). The predicted molar refractivity (Wildman–Crippen MR) is 125 cm³/mol. The summed E-state index contributed by atoms with van der Waals surface area (Å²) in [5, 5.41) is 16.5. The smallest absolute Gasteiger partial charge is 0.338 e. The SMILES string of the molecule is Cc1ccc(C(=O)OCC(=O)Nc2cc3c(cc2[N+](=O)[O-])OCCCO3)cc1NC(=O)c1ccco1. The Labute approximate surface area is 204 Å². The molecule has 0 radical (unpaired) electrons. The minimum atomic E-state index is -0.827. The summed E-state index contributed by atoms with van der Waals surface area (Å²) in [6, 6.07) is 10.0. The zero-order chi connectivity index (χ0) is 25.7. The Hall–Kier alpha value is -4.87. The Morgan fingerprint density at radius 3 is 2.47 bits per heavy atom. The average molecular weight is 495 g/mol. The maximum Gasteiger partial charge on any atom is 0.338 e. The molecule has 2 heterocycles. The summed E-state index contributed by atoms with van der Waals surface area (Å²) < 4.78 is 21.1. The van der Waals surface area contributed by atoms with Gasteiger partial charge in [-0.15, -0.1) is 0 Å². The van der Waals surface area contributed by atoms with Crippen LogP contribution in [0.1, 0.15) is 32.9 Å². The number of esters is 1. The number of amides is 2. The van der Waals surface area contributed by atoms with Gasteiger partial charge < -0.3 is 29.3 Å². The van der Waals surface area contributed by atoms with E-state index in [1.807, 2.05) is 0 Å². The zero-order valence-corrected chi connectivity index (χ0v) is 19.1. The number of anilines is 2. The number of carbonyl (C=O) groups is 3. The third-order valence-electron chi connectivity index (χ3n) is 5.14. The molecule has 0 fully saturated rings. The van der Waals surface area contributed by atoms with Gasteiger partial charge in [-0.05, 0) is 36.8 Å². The summed E-state index contributed by atoms with van der Waals surface area (Å²) in [5.41, 5.74) is 0.617. The Morgan fingerprint density at radius 1 is 1.03 bits per heavy atom. The van der Waals surface area contributed by atoms with Crippen molar-refractivity contribution in [2.75, 3.05) is 30.5 Å². The van der Waals surface area contributed by atoms with E-state index in [1.165, 1.54) is 36.6 Å². The number of nitrogens with zero attached hydrogens (tertiary/aromatic N) is 1. The molecule has 186 valence electrons. The molecule has 0 spiro atoms. The van der Waals surface area contributed by atoms with Gasteiger partial charge in [-0.2, -0.15) is 0 Å². The van der Waals surface area contributed by atoms with Crippen LogP contribution in [0, 0.1) is 17.0 Å². The van der Waals surface area contributed by atoms with Gasteiger partial charge in [0, 0.05) is 18.2 Å².